The summed E-state index contributed by atoms with van der Waals surface area (Å²) in [5, 5.41) is 7.79. The van der Waals surface area contributed by atoms with Crippen molar-refractivity contribution in [2.45, 2.75) is 40.0 Å². The number of rotatable bonds is 8. The summed E-state index contributed by atoms with van der Waals surface area (Å²) >= 11 is 0. The number of hydrogen-bond acceptors (Lipinski definition) is 4. The fourth-order valence-corrected chi connectivity index (χ4v) is 1.90. The number of aromatic nitrogens is 2. The lowest BCUT2D eigenvalue weighted by molar-refractivity contribution is 0.110. The summed E-state index contributed by atoms with van der Waals surface area (Å²) in [4.78, 5) is 0. The maximum absolute atomic E-state index is 6.11. The van der Waals surface area contributed by atoms with E-state index in [1.165, 1.54) is 0 Å². The standard InChI is InChI=1S/C14H28N4O/c1-10(2)9-19-8-6-7-16-14-12(15)13(11(3)4)17-18(14)5/h10-11,16H,6-9,15H2,1-5H3. The average Bonchev–Trinajstić information content (AvgIpc) is 2.60. The van der Waals surface area contributed by atoms with Crippen molar-refractivity contribution in [3.05, 3.63) is 5.69 Å². The molecule has 0 bridgehead atoms. The quantitative estimate of drug-likeness (QED) is 0.711. The zero-order valence-electron chi connectivity index (χ0n) is 12.9. The van der Waals surface area contributed by atoms with Crippen LogP contribution >= 0.6 is 0 Å². The number of nitrogen functional groups attached to an aromatic ring is 1. The van der Waals surface area contributed by atoms with E-state index in [4.69, 9.17) is 10.5 Å². The Bertz CT molecular complexity index is 385. The van der Waals surface area contributed by atoms with Crippen molar-refractivity contribution >= 4 is 11.5 Å². The maximum Gasteiger partial charge on any atom is 0.147 e. The topological polar surface area (TPSA) is 65.1 Å². The highest BCUT2D eigenvalue weighted by atomic mass is 16.5. The van der Waals surface area contributed by atoms with Crippen molar-refractivity contribution < 1.29 is 4.74 Å². The van der Waals surface area contributed by atoms with Gasteiger partial charge in [-0.3, -0.25) is 4.68 Å². The summed E-state index contributed by atoms with van der Waals surface area (Å²) in [5.41, 5.74) is 7.83. The molecular weight excluding hydrogens is 240 g/mol. The van der Waals surface area contributed by atoms with Crippen molar-refractivity contribution in [3.8, 4) is 0 Å². The van der Waals surface area contributed by atoms with Gasteiger partial charge in [0.05, 0.1) is 11.4 Å². The third-order valence-electron chi connectivity index (χ3n) is 2.87. The van der Waals surface area contributed by atoms with E-state index < -0.39 is 0 Å². The van der Waals surface area contributed by atoms with E-state index in [2.05, 4.69) is 38.1 Å². The van der Waals surface area contributed by atoms with Gasteiger partial charge in [-0.15, -0.1) is 0 Å². The smallest absolute Gasteiger partial charge is 0.147 e. The maximum atomic E-state index is 6.11. The minimum Gasteiger partial charge on any atom is -0.394 e. The molecule has 0 aliphatic carbocycles. The molecule has 1 aromatic heterocycles. The highest BCUT2D eigenvalue weighted by Gasteiger charge is 2.15. The number of nitrogens with two attached hydrogens (primary N) is 1. The molecule has 1 aromatic rings. The normalized spacial score (nSPS) is 11.5. The molecule has 1 rings (SSSR count). The Labute approximate surface area is 116 Å². The van der Waals surface area contributed by atoms with Crippen LogP contribution in [0.2, 0.25) is 0 Å². The number of ether oxygens (including phenoxy) is 1. The van der Waals surface area contributed by atoms with Crippen LogP contribution in [0.1, 0.15) is 45.7 Å². The number of hydrogen-bond donors (Lipinski definition) is 2. The Kier molecular flexibility index (Phi) is 6.15. The van der Waals surface area contributed by atoms with Crippen LogP contribution in [0.3, 0.4) is 0 Å². The Balaban J connectivity index is 2.37. The van der Waals surface area contributed by atoms with Crippen LogP contribution in [0, 0.1) is 5.92 Å². The number of nitrogens with one attached hydrogen (secondary N) is 1. The first kappa shape index (κ1) is 15.8. The predicted molar refractivity (Wildman–Crippen MR) is 80.5 cm³/mol. The first-order valence-electron chi connectivity index (χ1n) is 7.07. The van der Waals surface area contributed by atoms with Gasteiger partial charge in [-0.2, -0.15) is 5.10 Å². The minimum atomic E-state index is 0.344. The van der Waals surface area contributed by atoms with E-state index in [0.29, 0.717) is 11.8 Å². The van der Waals surface area contributed by atoms with Crippen LogP contribution in [0.15, 0.2) is 0 Å². The van der Waals surface area contributed by atoms with Crippen molar-refractivity contribution in [1.29, 1.82) is 0 Å². The predicted octanol–water partition coefficient (Wildman–Crippen LogP) is 2.60. The van der Waals surface area contributed by atoms with Gasteiger partial charge in [-0.05, 0) is 18.3 Å². The Morgan fingerprint density at radius 1 is 1.32 bits per heavy atom. The summed E-state index contributed by atoms with van der Waals surface area (Å²) in [6.07, 6.45) is 0.967. The molecule has 3 N–H and O–H groups in total. The molecule has 0 spiro atoms. The van der Waals surface area contributed by atoms with Crippen LogP contribution < -0.4 is 11.1 Å². The molecule has 110 valence electrons. The molecule has 0 aromatic carbocycles. The second-order valence-electron chi connectivity index (χ2n) is 5.67. The zero-order valence-corrected chi connectivity index (χ0v) is 12.9. The largest absolute Gasteiger partial charge is 0.394 e. The Morgan fingerprint density at radius 3 is 2.53 bits per heavy atom. The van der Waals surface area contributed by atoms with Crippen molar-refractivity contribution in [1.82, 2.24) is 9.78 Å². The molecule has 0 amide bonds. The zero-order chi connectivity index (χ0) is 14.4. The number of nitrogens with zero attached hydrogens (tertiary/aromatic N) is 2. The van der Waals surface area contributed by atoms with E-state index in [-0.39, 0.29) is 0 Å². The lowest BCUT2D eigenvalue weighted by atomic mass is 10.1. The Hall–Kier alpha value is -1.23. The van der Waals surface area contributed by atoms with Gasteiger partial charge in [0, 0.05) is 26.8 Å². The molecule has 19 heavy (non-hydrogen) atoms. The van der Waals surface area contributed by atoms with Gasteiger partial charge in [0.1, 0.15) is 5.82 Å². The van der Waals surface area contributed by atoms with Gasteiger partial charge in [0.15, 0.2) is 0 Å². The SMILES string of the molecule is CC(C)COCCCNc1c(N)c(C(C)C)nn1C. The van der Waals surface area contributed by atoms with Crippen LogP contribution in [-0.4, -0.2) is 29.5 Å². The molecule has 0 fully saturated rings. The molecule has 0 unspecified atom stereocenters. The summed E-state index contributed by atoms with van der Waals surface area (Å²) in [7, 11) is 1.92. The lowest BCUT2D eigenvalue weighted by Gasteiger charge is -2.09. The van der Waals surface area contributed by atoms with Crippen molar-refractivity contribution in [3.63, 3.8) is 0 Å². The lowest BCUT2D eigenvalue weighted by Crippen LogP contribution is -2.11. The monoisotopic (exact) mass is 268 g/mol. The molecule has 0 aliphatic heterocycles. The second-order valence-corrected chi connectivity index (χ2v) is 5.67. The molecule has 1 heterocycles. The minimum absolute atomic E-state index is 0.344. The van der Waals surface area contributed by atoms with Gasteiger partial charge >= 0.3 is 0 Å². The van der Waals surface area contributed by atoms with Gasteiger partial charge in [0.2, 0.25) is 0 Å². The van der Waals surface area contributed by atoms with Gasteiger partial charge in [-0.25, -0.2) is 0 Å². The van der Waals surface area contributed by atoms with Crippen molar-refractivity contribution in [2.75, 3.05) is 30.8 Å². The molecule has 0 aliphatic rings. The summed E-state index contributed by atoms with van der Waals surface area (Å²) in [6, 6.07) is 0. The van der Waals surface area contributed by atoms with E-state index >= 15 is 0 Å². The fourth-order valence-electron chi connectivity index (χ4n) is 1.90. The number of aryl methyl sites for hydroxylation is 1. The van der Waals surface area contributed by atoms with Gasteiger partial charge < -0.3 is 15.8 Å². The molecule has 0 radical (unpaired) electrons. The van der Waals surface area contributed by atoms with Crippen LogP contribution in [-0.2, 0) is 11.8 Å². The van der Waals surface area contributed by atoms with E-state index in [1.54, 1.807) is 0 Å². The van der Waals surface area contributed by atoms with E-state index in [1.807, 2.05) is 11.7 Å². The summed E-state index contributed by atoms with van der Waals surface area (Å²) < 4.78 is 7.36. The van der Waals surface area contributed by atoms with Gasteiger partial charge in [-0.1, -0.05) is 27.7 Å². The third kappa shape index (κ3) is 4.74. The van der Waals surface area contributed by atoms with Crippen LogP contribution in [0.4, 0.5) is 11.5 Å². The first-order valence-corrected chi connectivity index (χ1v) is 7.07. The van der Waals surface area contributed by atoms with E-state index in [9.17, 15) is 0 Å². The number of anilines is 2. The second kappa shape index (κ2) is 7.38. The highest BCUT2D eigenvalue weighted by Crippen LogP contribution is 2.27. The van der Waals surface area contributed by atoms with Gasteiger partial charge in [0.25, 0.3) is 0 Å². The fraction of sp³-hybridized carbons (Fsp3) is 0.786. The molecular formula is C14H28N4O. The summed E-state index contributed by atoms with van der Waals surface area (Å²) in [5.74, 6) is 1.85. The summed E-state index contributed by atoms with van der Waals surface area (Å²) in [6.45, 7) is 11.0. The van der Waals surface area contributed by atoms with Crippen LogP contribution in [0.25, 0.3) is 0 Å². The highest BCUT2D eigenvalue weighted by molar-refractivity contribution is 5.65. The third-order valence-corrected chi connectivity index (χ3v) is 2.87. The van der Waals surface area contributed by atoms with E-state index in [0.717, 1.165) is 43.4 Å². The average molecular weight is 268 g/mol. The van der Waals surface area contributed by atoms with Crippen molar-refractivity contribution in [2.24, 2.45) is 13.0 Å². The molecule has 0 atom stereocenters. The molecule has 5 heteroatoms. The van der Waals surface area contributed by atoms with Crippen LogP contribution in [0.5, 0.6) is 0 Å². The molecule has 5 nitrogen and oxygen atoms in total. The Morgan fingerprint density at radius 2 is 2.00 bits per heavy atom. The molecule has 0 saturated heterocycles. The molecule has 0 saturated carbocycles. The first-order chi connectivity index (χ1) is 8.93.